The van der Waals surface area contributed by atoms with Crippen LogP contribution in [0, 0.1) is 51.2 Å². The highest BCUT2D eigenvalue weighted by molar-refractivity contribution is 14.1. The molecular weight excluding hydrogens is 351 g/mol. The van der Waals surface area contributed by atoms with Crippen LogP contribution >= 0.6 is 34.4 Å². The number of nitriles is 4. The average molecular weight is 354 g/mol. The minimum atomic E-state index is -1.74. The Balaban J connectivity index is 2.60. The molecule has 0 aromatic heterocycles. The predicted octanol–water partition coefficient (Wildman–Crippen LogP) is 1.60. The van der Waals surface area contributed by atoms with Crippen molar-refractivity contribution < 1.29 is 4.74 Å². The van der Waals surface area contributed by atoms with Gasteiger partial charge in [0, 0.05) is 2.91 Å². The minimum Gasteiger partial charge on any atom is -0.311 e. The summed E-state index contributed by atoms with van der Waals surface area (Å²) in [4.78, 5) is 0. The lowest BCUT2D eigenvalue weighted by Crippen LogP contribution is -2.35. The normalized spacial score (nSPS) is 31.2. The number of ether oxygens (including phenoxy) is 1. The molecule has 2 heterocycles. The van der Waals surface area contributed by atoms with Gasteiger partial charge in [0.1, 0.15) is 24.3 Å². The fourth-order valence-corrected chi connectivity index (χ4v) is 4.34. The van der Waals surface area contributed by atoms with E-state index in [9.17, 15) is 0 Å². The lowest BCUT2D eigenvalue weighted by atomic mass is 9.86. The van der Waals surface area contributed by atoms with Gasteiger partial charge in [0.2, 0.25) is 0 Å². The highest BCUT2D eigenvalue weighted by atomic mass is 127. The van der Waals surface area contributed by atoms with Gasteiger partial charge in [0.25, 0.3) is 11.2 Å². The first-order valence-electron chi connectivity index (χ1n) is 4.46. The van der Waals surface area contributed by atoms with Crippen LogP contribution in [-0.2, 0) is 4.74 Å². The third-order valence-corrected chi connectivity index (χ3v) is 5.10. The number of rotatable bonds is 0. The Morgan fingerprint density at radius 1 is 1.12 bits per heavy atom. The Bertz CT molecular complexity index is 545. The summed E-state index contributed by atoms with van der Waals surface area (Å²) in [5, 5.41) is 35.9. The Morgan fingerprint density at radius 2 is 1.65 bits per heavy atom. The standard InChI is InChI=1S/C10H3IN4OS/c11-7-1-6-8(17-7)10(4-14,5-15)16-9(6,2-12)3-13/h1,6,8H/t6-,8+/m0/s1. The molecule has 0 unspecified atom stereocenters. The lowest BCUT2D eigenvalue weighted by molar-refractivity contribution is 0.0155. The van der Waals surface area contributed by atoms with E-state index in [0.29, 0.717) is 0 Å². The van der Waals surface area contributed by atoms with Gasteiger partial charge in [-0.15, -0.1) is 11.8 Å². The van der Waals surface area contributed by atoms with Crippen molar-refractivity contribution in [2.75, 3.05) is 0 Å². The molecule has 0 radical (unpaired) electrons. The number of fused-ring (bicyclic) bond motifs is 1. The second-order valence-corrected chi connectivity index (χ2v) is 6.63. The van der Waals surface area contributed by atoms with Gasteiger partial charge >= 0.3 is 0 Å². The van der Waals surface area contributed by atoms with Gasteiger partial charge in [-0.25, -0.2) is 0 Å². The molecule has 0 aliphatic carbocycles. The maximum Gasteiger partial charge on any atom is 0.256 e. The first kappa shape index (κ1) is 12.2. The zero-order chi connectivity index (χ0) is 12.7. The number of halogens is 1. The van der Waals surface area contributed by atoms with Crippen LogP contribution in [0.3, 0.4) is 0 Å². The molecule has 17 heavy (non-hydrogen) atoms. The first-order chi connectivity index (χ1) is 8.07. The van der Waals surface area contributed by atoms with E-state index in [1.807, 2.05) is 22.6 Å². The summed E-state index contributed by atoms with van der Waals surface area (Å²) in [6.45, 7) is 0. The second kappa shape index (κ2) is 3.89. The topological polar surface area (TPSA) is 104 Å². The van der Waals surface area contributed by atoms with Crippen LogP contribution in [0.25, 0.3) is 0 Å². The van der Waals surface area contributed by atoms with Crippen LogP contribution in [0.15, 0.2) is 8.99 Å². The molecule has 2 atom stereocenters. The third-order valence-electron chi connectivity index (χ3n) is 2.73. The Morgan fingerprint density at radius 3 is 2.12 bits per heavy atom. The fourth-order valence-electron chi connectivity index (χ4n) is 1.93. The van der Waals surface area contributed by atoms with E-state index in [0.717, 1.165) is 2.91 Å². The molecule has 0 saturated carbocycles. The van der Waals surface area contributed by atoms with Crippen molar-refractivity contribution in [3.63, 3.8) is 0 Å². The highest BCUT2D eigenvalue weighted by Gasteiger charge is 2.66. The molecule has 0 spiro atoms. The second-order valence-electron chi connectivity index (χ2n) is 3.56. The molecule has 1 saturated heterocycles. The molecule has 5 nitrogen and oxygen atoms in total. The summed E-state index contributed by atoms with van der Waals surface area (Å²) < 4.78 is 6.10. The summed E-state index contributed by atoms with van der Waals surface area (Å²) in [6.07, 6.45) is 1.72. The maximum atomic E-state index is 9.12. The summed E-state index contributed by atoms with van der Waals surface area (Å²) in [5.74, 6) is -0.548. The summed E-state index contributed by atoms with van der Waals surface area (Å²) in [6, 6.07) is 7.19. The molecule has 2 aliphatic rings. The van der Waals surface area contributed by atoms with E-state index in [1.165, 1.54) is 11.8 Å². The van der Waals surface area contributed by atoms with Crippen molar-refractivity contribution in [2.45, 2.75) is 16.5 Å². The smallest absolute Gasteiger partial charge is 0.256 e. The molecule has 7 heteroatoms. The van der Waals surface area contributed by atoms with Gasteiger partial charge in [-0.2, -0.15) is 21.0 Å². The summed E-state index contributed by atoms with van der Waals surface area (Å²) in [5.41, 5.74) is -3.47. The largest absolute Gasteiger partial charge is 0.311 e. The number of thioether (sulfide) groups is 1. The Hall–Kier alpha value is -1.26. The number of hydrogen-bond acceptors (Lipinski definition) is 6. The molecule has 0 bridgehead atoms. The molecule has 0 aromatic rings. The van der Waals surface area contributed by atoms with E-state index in [1.54, 1.807) is 30.4 Å². The van der Waals surface area contributed by atoms with Gasteiger partial charge in [0.05, 0.1) is 11.2 Å². The zero-order valence-electron chi connectivity index (χ0n) is 8.22. The molecule has 2 rings (SSSR count). The molecule has 2 aliphatic heterocycles. The number of nitrogens with zero attached hydrogens (tertiary/aromatic N) is 4. The van der Waals surface area contributed by atoms with Crippen molar-refractivity contribution in [3.05, 3.63) is 8.99 Å². The SMILES string of the molecule is N#CC1(C#N)OC(C#N)(C#N)[C@H]2C=C(I)S[C@H]21. The molecule has 82 valence electrons. The van der Waals surface area contributed by atoms with Gasteiger partial charge in [0.15, 0.2) is 0 Å². The average Bonchev–Trinajstić information content (AvgIpc) is 2.85. The van der Waals surface area contributed by atoms with Crippen molar-refractivity contribution in [1.29, 1.82) is 21.0 Å². The van der Waals surface area contributed by atoms with E-state index in [2.05, 4.69) is 0 Å². The van der Waals surface area contributed by atoms with Crippen molar-refractivity contribution in [3.8, 4) is 24.3 Å². The van der Waals surface area contributed by atoms with Crippen molar-refractivity contribution in [2.24, 2.45) is 5.92 Å². The van der Waals surface area contributed by atoms with E-state index < -0.39 is 22.4 Å². The predicted molar refractivity (Wildman–Crippen MR) is 66.0 cm³/mol. The quantitative estimate of drug-likeness (QED) is 0.612. The van der Waals surface area contributed by atoms with Crippen molar-refractivity contribution >= 4 is 34.4 Å². The lowest BCUT2D eigenvalue weighted by Gasteiger charge is -2.17. The van der Waals surface area contributed by atoms with E-state index in [-0.39, 0.29) is 0 Å². The summed E-state index contributed by atoms with van der Waals surface area (Å²) >= 11 is 3.35. The first-order valence-corrected chi connectivity index (χ1v) is 6.42. The van der Waals surface area contributed by atoms with Crippen molar-refractivity contribution in [1.82, 2.24) is 0 Å². The fraction of sp³-hybridized carbons (Fsp3) is 0.400. The monoisotopic (exact) mass is 354 g/mol. The zero-order valence-corrected chi connectivity index (χ0v) is 11.2. The molecule has 0 N–H and O–H groups in total. The number of hydrogen-bond donors (Lipinski definition) is 0. The van der Waals surface area contributed by atoms with Gasteiger partial charge < -0.3 is 4.74 Å². The molecule has 0 aromatic carbocycles. The Labute approximate surface area is 115 Å². The van der Waals surface area contributed by atoms with Crippen LogP contribution in [0.5, 0.6) is 0 Å². The van der Waals surface area contributed by atoms with Crippen LogP contribution < -0.4 is 0 Å². The van der Waals surface area contributed by atoms with E-state index >= 15 is 0 Å². The van der Waals surface area contributed by atoms with E-state index in [4.69, 9.17) is 25.8 Å². The van der Waals surface area contributed by atoms with Crippen LogP contribution in [0.4, 0.5) is 0 Å². The van der Waals surface area contributed by atoms with Gasteiger partial charge in [-0.1, -0.05) is 6.08 Å². The highest BCUT2D eigenvalue weighted by Crippen LogP contribution is 2.56. The van der Waals surface area contributed by atoms with Crippen LogP contribution in [0.2, 0.25) is 0 Å². The third kappa shape index (κ3) is 1.44. The minimum absolute atomic E-state index is 0.524. The van der Waals surface area contributed by atoms with Gasteiger partial charge in [-0.3, -0.25) is 0 Å². The molecular formula is C10H3IN4OS. The Kier molecular flexibility index (Phi) is 2.79. The van der Waals surface area contributed by atoms with Crippen LogP contribution in [0.1, 0.15) is 0 Å². The molecule has 0 amide bonds. The maximum absolute atomic E-state index is 9.12. The van der Waals surface area contributed by atoms with Crippen LogP contribution in [-0.4, -0.2) is 16.5 Å². The summed E-state index contributed by atoms with van der Waals surface area (Å²) in [7, 11) is 0. The molecule has 1 fully saturated rings. The van der Waals surface area contributed by atoms with Gasteiger partial charge in [-0.05, 0) is 22.6 Å².